The highest BCUT2D eigenvalue weighted by atomic mass is 16.2. The second-order valence-corrected chi connectivity index (χ2v) is 4.38. The fourth-order valence-corrected chi connectivity index (χ4v) is 2.04. The molecule has 2 rings (SSSR count). The Hall–Kier alpha value is -1.92. The molecule has 1 aromatic heterocycles. The summed E-state index contributed by atoms with van der Waals surface area (Å²) >= 11 is 0. The third-order valence-corrected chi connectivity index (χ3v) is 3.23. The van der Waals surface area contributed by atoms with E-state index < -0.39 is 0 Å². The summed E-state index contributed by atoms with van der Waals surface area (Å²) in [7, 11) is 0. The highest BCUT2D eigenvalue weighted by Crippen LogP contribution is 2.10. The van der Waals surface area contributed by atoms with Gasteiger partial charge in [0.2, 0.25) is 11.8 Å². The summed E-state index contributed by atoms with van der Waals surface area (Å²) in [5, 5.41) is 3.97. The molecule has 1 aliphatic heterocycles. The number of nitrogens with zero attached hydrogens (tertiary/aromatic N) is 5. The average molecular weight is 251 g/mol. The van der Waals surface area contributed by atoms with Crippen LogP contribution in [-0.2, 0) is 9.59 Å². The molecule has 1 saturated heterocycles. The summed E-state index contributed by atoms with van der Waals surface area (Å²) < 4.78 is 1.54. The molecule has 1 aromatic rings. The van der Waals surface area contributed by atoms with Crippen molar-refractivity contribution >= 4 is 11.8 Å². The minimum absolute atomic E-state index is 0.0173. The van der Waals surface area contributed by atoms with Crippen LogP contribution in [-0.4, -0.2) is 62.6 Å². The van der Waals surface area contributed by atoms with E-state index in [1.54, 1.807) is 28.3 Å². The normalized spacial score (nSPS) is 17.7. The van der Waals surface area contributed by atoms with E-state index in [1.165, 1.54) is 12.7 Å². The van der Waals surface area contributed by atoms with Crippen LogP contribution in [0.1, 0.15) is 19.9 Å². The molecule has 1 atom stereocenters. The van der Waals surface area contributed by atoms with E-state index in [1.807, 2.05) is 0 Å². The molecule has 0 radical (unpaired) electrons. The first-order valence-corrected chi connectivity index (χ1v) is 5.98. The van der Waals surface area contributed by atoms with Crippen molar-refractivity contribution < 1.29 is 9.59 Å². The van der Waals surface area contributed by atoms with Gasteiger partial charge in [-0.25, -0.2) is 9.67 Å². The van der Waals surface area contributed by atoms with Crippen molar-refractivity contribution in [1.82, 2.24) is 24.6 Å². The topological polar surface area (TPSA) is 71.3 Å². The molecular formula is C11H17N5O2. The Kier molecular flexibility index (Phi) is 3.59. The molecular weight excluding hydrogens is 234 g/mol. The van der Waals surface area contributed by atoms with Crippen molar-refractivity contribution in [2.75, 3.05) is 26.2 Å². The molecule has 0 aromatic carbocycles. The maximum absolute atomic E-state index is 12.2. The van der Waals surface area contributed by atoms with Gasteiger partial charge in [0, 0.05) is 33.1 Å². The van der Waals surface area contributed by atoms with Gasteiger partial charge in [-0.15, -0.1) is 0 Å². The van der Waals surface area contributed by atoms with Gasteiger partial charge in [-0.2, -0.15) is 5.10 Å². The lowest BCUT2D eigenvalue weighted by molar-refractivity contribution is -0.140. The Labute approximate surface area is 105 Å². The zero-order chi connectivity index (χ0) is 13.1. The number of rotatable bonds is 2. The van der Waals surface area contributed by atoms with Gasteiger partial charge in [0.25, 0.3) is 0 Å². The summed E-state index contributed by atoms with van der Waals surface area (Å²) in [6, 6.07) is -0.351. The smallest absolute Gasteiger partial charge is 0.247 e. The summed E-state index contributed by atoms with van der Waals surface area (Å²) in [6.07, 6.45) is 2.95. The molecule has 2 heterocycles. The number of carbonyl (C=O) groups is 2. The van der Waals surface area contributed by atoms with Gasteiger partial charge in [0.05, 0.1) is 0 Å². The van der Waals surface area contributed by atoms with Crippen LogP contribution in [0.2, 0.25) is 0 Å². The number of carbonyl (C=O) groups excluding carboxylic acids is 2. The first kappa shape index (κ1) is 12.5. The van der Waals surface area contributed by atoms with Gasteiger partial charge in [-0.05, 0) is 6.92 Å². The molecule has 0 saturated carbocycles. The van der Waals surface area contributed by atoms with Gasteiger partial charge in [-0.1, -0.05) is 0 Å². The van der Waals surface area contributed by atoms with Crippen LogP contribution in [0.4, 0.5) is 0 Å². The van der Waals surface area contributed by atoms with E-state index in [-0.39, 0.29) is 17.9 Å². The SMILES string of the molecule is CC(=O)N1CCN(C(=O)C(C)n2cncn2)CC1. The quantitative estimate of drug-likeness (QED) is 0.712. The zero-order valence-corrected chi connectivity index (χ0v) is 10.6. The fourth-order valence-electron chi connectivity index (χ4n) is 2.04. The van der Waals surface area contributed by atoms with Crippen molar-refractivity contribution in [3.8, 4) is 0 Å². The molecule has 7 heteroatoms. The lowest BCUT2D eigenvalue weighted by Gasteiger charge is -2.35. The van der Waals surface area contributed by atoms with Crippen molar-refractivity contribution in [3.63, 3.8) is 0 Å². The predicted octanol–water partition coefficient (Wildman–Crippen LogP) is -0.470. The first-order chi connectivity index (χ1) is 8.59. The van der Waals surface area contributed by atoms with Gasteiger partial charge in [0.1, 0.15) is 18.7 Å². The number of hydrogen-bond acceptors (Lipinski definition) is 4. The zero-order valence-electron chi connectivity index (χ0n) is 10.6. The van der Waals surface area contributed by atoms with Crippen molar-refractivity contribution in [3.05, 3.63) is 12.7 Å². The maximum Gasteiger partial charge on any atom is 0.247 e. The van der Waals surface area contributed by atoms with Gasteiger partial charge in [-0.3, -0.25) is 9.59 Å². The van der Waals surface area contributed by atoms with Crippen LogP contribution in [0.3, 0.4) is 0 Å². The maximum atomic E-state index is 12.2. The highest BCUT2D eigenvalue weighted by molar-refractivity contribution is 5.80. The predicted molar refractivity (Wildman–Crippen MR) is 63.6 cm³/mol. The summed E-state index contributed by atoms with van der Waals surface area (Å²) in [4.78, 5) is 30.8. The molecule has 1 fully saturated rings. The second kappa shape index (κ2) is 5.16. The lowest BCUT2D eigenvalue weighted by atomic mass is 10.2. The fraction of sp³-hybridized carbons (Fsp3) is 0.636. The molecule has 18 heavy (non-hydrogen) atoms. The Morgan fingerprint density at radius 3 is 2.28 bits per heavy atom. The Morgan fingerprint density at radius 2 is 1.78 bits per heavy atom. The highest BCUT2D eigenvalue weighted by Gasteiger charge is 2.26. The molecule has 0 aliphatic carbocycles. The monoisotopic (exact) mass is 251 g/mol. The molecule has 1 aliphatic rings. The Morgan fingerprint density at radius 1 is 1.17 bits per heavy atom. The number of piperazine rings is 1. The van der Waals surface area contributed by atoms with Crippen LogP contribution in [0.5, 0.6) is 0 Å². The van der Waals surface area contributed by atoms with Crippen LogP contribution < -0.4 is 0 Å². The molecule has 0 N–H and O–H groups in total. The van der Waals surface area contributed by atoms with Crippen LogP contribution in [0, 0.1) is 0 Å². The minimum Gasteiger partial charge on any atom is -0.339 e. The van der Waals surface area contributed by atoms with Crippen LogP contribution in [0.15, 0.2) is 12.7 Å². The van der Waals surface area contributed by atoms with Gasteiger partial charge >= 0.3 is 0 Å². The van der Waals surface area contributed by atoms with E-state index in [9.17, 15) is 9.59 Å². The standard InChI is InChI=1S/C11H17N5O2/c1-9(16-8-12-7-13-16)11(18)15-5-3-14(4-6-15)10(2)17/h7-9H,3-6H2,1-2H3. The molecule has 98 valence electrons. The summed E-state index contributed by atoms with van der Waals surface area (Å²) in [5.41, 5.74) is 0. The third-order valence-electron chi connectivity index (χ3n) is 3.23. The molecule has 1 unspecified atom stereocenters. The van der Waals surface area contributed by atoms with Crippen LogP contribution in [0.25, 0.3) is 0 Å². The number of amides is 2. The van der Waals surface area contributed by atoms with Gasteiger partial charge < -0.3 is 9.80 Å². The van der Waals surface area contributed by atoms with E-state index in [0.29, 0.717) is 26.2 Å². The van der Waals surface area contributed by atoms with E-state index >= 15 is 0 Å². The van der Waals surface area contributed by atoms with E-state index in [4.69, 9.17) is 0 Å². The Bertz CT molecular complexity index is 423. The first-order valence-electron chi connectivity index (χ1n) is 5.98. The molecule has 0 bridgehead atoms. The number of hydrogen-bond donors (Lipinski definition) is 0. The number of aromatic nitrogens is 3. The van der Waals surface area contributed by atoms with Gasteiger partial charge in [0.15, 0.2) is 0 Å². The van der Waals surface area contributed by atoms with E-state index in [2.05, 4.69) is 10.1 Å². The van der Waals surface area contributed by atoms with Crippen molar-refractivity contribution in [2.24, 2.45) is 0 Å². The largest absolute Gasteiger partial charge is 0.339 e. The lowest BCUT2D eigenvalue weighted by Crippen LogP contribution is -2.51. The summed E-state index contributed by atoms with van der Waals surface area (Å²) in [5.74, 6) is 0.0788. The van der Waals surface area contributed by atoms with E-state index in [0.717, 1.165) is 0 Å². The van der Waals surface area contributed by atoms with Crippen molar-refractivity contribution in [2.45, 2.75) is 19.9 Å². The molecule has 0 spiro atoms. The van der Waals surface area contributed by atoms with Crippen LogP contribution >= 0.6 is 0 Å². The molecule has 2 amide bonds. The average Bonchev–Trinajstić information content (AvgIpc) is 2.91. The summed E-state index contributed by atoms with van der Waals surface area (Å²) in [6.45, 7) is 5.72. The van der Waals surface area contributed by atoms with Crippen molar-refractivity contribution in [1.29, 1.82) is 0 Å². The Balaban J connectivity index is 1.93. The third kappa shape index (κ3) is 2.49. The molecule has 7 nitrogen and oxygen atoms in total. The minimum atomic E-state index is -0.351. The second-order valence-electron chi connectivity index (χ2n) is 4.38.